The van der Waals surface area contributed by atoms with Gasteiger partial charge in [-0.15, -0.1) is 0 Å². The van der Waals surface area contributed by atoms with Crippen molar-refractivity contribution in [1.82, 2.24) is 10.6 Å². The lowest BCUT2D eigenvalue weighted by atomic mass is 9.76. The molecule has 0 aromatic carbocycles. The highest BCUT2D eigenvalue weighted by Gasteiger charge is 2.38. The summed E-state index contributed by atoms with van der Waals surface area (Å²) < 4.78 is 0. The smallest absolute Gasteiger partial charge is 0.220 e. The molecule has 1 aliphatic heterocycles. The number of carbonyl (C=O) groups excluding carboxylic acids is 1. The average molecular weight is 632 g/mol. The largest absolute Gasteiger partial charge is 0.371 e. The van der Waals surface area contributed by atoms with Crippen LogP contribution in [0.5, 0.6) is 0 Å². The number of aliphatic imine (C=N–C) groups is 1. The van der Waals surface area contributed by atoms with E-state index < -0.39 is 0 Å². The maximum atomic E-state index is 12.9. The molecule has 1 rings (SSSR count). The standard InChI is InChI=1S/C41H81N3O/c1-5-7-9-11-13-15-17-19-21-22-24-26-28-30-32-34-39(45)44-38(3)41(4,40-42-36-37-43-40)35-33-31-29-27-25-23-20-18-16-14-12-10-8-6-2/h38H,5-37H2,1-4H3,(H,42,43)(H,44,45). The summed E-state index contributed by atoms with van der Waals surface area (Å²) in [5.41, 5.74) is -0.0989. The molecule has 1 amide bonds. The summed E-state index contributed by atoms with van der Waals surface area (Å²) in [6.45, 7) is 10.9. The van der Waals surface area contributed by atoms with E-state index in [1.54, 1.807) is 0 Å². The Bertz CT molecular complexity index is 692. The highest BCUT2D eigenvalue weighted by Crippen LogP contribution is 2.31. The van der Waals surface area contributed by atoms with E-state index in [-0.39, 0.29) is 17.4 Å². The normalized spacial score (nSPS) is 15.1. The molecule has 0 aliphatic carbocycles. The molecular formula is C41H81N3O. The van der Waals surface area contributed by atoms with Crippen molar-refractivity contribution in [3.05, 3.63) is 0 Å². The first-order valence-corrected chi connectivity index (χ1v) is 20.6. The predicted molar refractivity (Wildman–Crippen MR) is 200 cm³/mol. The van der Waals surface area contributed by atoms with Crippen molar-refractivity contribution in [3.8, 4) is 0 Å². The Labute approximate surface area is 282 Å². The molecule has 0 aromatic heterocycles. The summed E-state index contributed by atoms with van der Waals surface area (Å²) in [6.07, 6.45) is 41.5. The molecule has 0 aromatic rings. The van der Waals surface area contributed by atoms with Crippen molar-refractivity contribution in [1.29, 1.82) is 0 Å². The number of unbranched alkanes of at least 4 members (excludes halogenated alkanes) is 27. The highest BCUT2D eigenvalue weighted by molar-refractivity contribution is 5.90. The third-order valence-electron chi connectivity index (χ3n) is 10.6. The molecule has 45 heavy (non-hydrogen) atoms. The van der Waals surface area contributed by atoms with Crippen LogP contribution in [0.4, 0.5) is 0 Å². The molecule has 4 heteroatoms. The molecule has 2 N–H and O–H groups in total. The van der Waals surface area contributed by atoms with Crippen LogP contribution in [-0.2, 0) is 4.79 Å². The van der Waals surface area contributed by atoms with Gasteiger partial charge in [-0.25, -0.2) is 0 Å². The SMILES string of the molecule is CCCCCCCCCCCCCCCCCC(=O)NC(C)C(C)(CCCCCCCCCCCCCCCC)C1=NCCN1. The van der Waals surface area contributed by atoms with Crippen LogP contribution in [0.1, 0.15) is 227 Å². The minimum atomic E-state index is -0.0989. The molecule has 0 fully saturated rings. The number of rotatable bonds is 34. The zero-order valence-corrected chi connectivity index (χ0v) is 31.3. The first-order valence-electron chi connectivity index (χ1n) is 20.6. The second kappa shape index (κ2) is 30.3. The van der Waals surface area contributed by atoms with Gasteiger partial charge in [0.25, 0.3) is 0 Å². The van der Waals surface area contributed by atoms with E-state index in [0.717, 1.165) is 31.8 Å². The molecule has 2 atom stereocenters. The fourth-order valence-electron chi connectivity index (χ4n) is 7.14. The van der Waals surface area contributed by atoms with Crippen molar-refractivity contribution >= 4 is 11.7 Å². The van der Waals surface area contributed by atoms with Crippen molar-refractivity contribution in [2.75, 3.05) is 13.1 Å². The Balaban J connectivity index is 2.10. The number of amides is 1. The topological polar surface area (TPSA) is 53.5 Å². The third kappa shape index (κ3) is 23.0. The maximum absolute atomic E-state index is 12.9. The molecule has 0 spiro atoms. The van der Waals surface area contributed by atoms with Crippen LogP contribution >= 0.6 is 0 Å². The number of nitrogens with zero attached hydrogens (tertiary/aromatic N) is 1. The van der Waals surface area contributed by atoms with Gasteiger partial charge in [-0.2, -0.15) is 0 Å². The highest BCUT2D eigenvalue weighted by atomic mass is 16.1. The van der Waals surface area contributed by atoms with E-state index in [4.69, 9.17) is 4.99 Å². The first kappa shape index (κ1) is 42.0. The lowest BCUT2D eigenvalue weighted by Gasteiger charge is -2.36. The fraction of sp³-hybridized carbons (Fsp3) is 0.951. The van der Waals surface area contributed by atoms with Gasteiger partial charge in [0.15, 0.2) is 0 Å². The molecule has 0 radical (unpaired) electrons. The van der Waals surface area contributed by atoms with Gasteiger partial charge in [-0.1, -0.05) is 201 Å². The number of carbonyl (C=O) groups is 1. The van der Waals surface area contributed by atoms with Crippen LogP contribution in [0.15, 0.2) is 4.99 Å². The number of amidine groups is 1. The van der Waals surface area contributed by atoms with Gasteiger partial charge in [-0.3, -0.25) is 9.79 Å². The van der Waals surface area contributed by atoms with E-state index in [2.05, 4.69) is 38.3 Å². The molecule has 0 saturated carbocycles. The summed E-state index contributed by atoms with van der Waals surface area (Å²) in [6, 6.07) is 0.104. The second-order valence-corrected chi connectivity index (χ2v) is 14.9. The molecule has 4 nitrogen and oxygen atoms in total. The van der Waals surface area contributed by atoms with E-state index in [0.29, 0.717) is 6.42 Å². The molecule has 266 valence electrons. The predicted octanol–water partition coefficient (Wildman–Crippen LogP) is 12.6. The molecular weight excluding hydrogens is 550 g/mol. The molecule has 1 heterocycles. The minimum absolute atomic E-state index is 0.0989. The van der Waals surface area contributed by atoms with Crippen molar-refractivity contribution in [2.45, 2.75) is 233 Å². The monoisotopic (exact) mass is 632 g/mol. The van der Waals surface area contributed by atoms with Crippen LogP contribution in [0, 0.1) is 5.41 Å². The number of hydrogen-bond acceptors (Lipinski definition) is 3. The lowest BCUT2D eigenvalue weighted by molar-refractivity contribution is -0.122. The lowest BCUT2D eigenvalue weighted by Crippen LogP contribution is -2.51. The van der Waals surface area contributed by atoms with E-state index in [9.17, 15) is 4.79 Å². The van der Waals surface area contributed by atoms with Crippen molar-refractivity contribution in [3.63, 3.8) is 0 Å². The van der Waals surface area contributed by atoms with Crippen LogP contribution in [0.2, 0.25) is 0 Å². The fourth-order valence-corrected chi connectivity index (χ4v) is 7.14. The Morgan fingerprint density at radius 2 is 0.978 bits per heavy atom. The Morgan fingerprint density at radius 3 is 1.33 bits per heavy atom. The van der Waals surface area contributed by atoms with Gasteiger partial charge >= 0.3 is 0 Å². The van der Waals surface area contributed by atoms with Crippen molar-refractivity contribution < 1.29 is 4.79 Å². The molecule has 0 bridgehead atoms. The Morgan fingerprint density at radius 1 is 0.622 bits per heavy atom. The van der Waals surface area contributed by atoms with Gasteiger partial charge < -0.3 is 10.6 Å². The summed E-state index contributed by atoms with van der Waals surface area (Å²) in [4.78, 5) is 17.7. The molecule has 2 unspecified atom stereocenters. The molecule has 0 saturated heterocycles. The zero-order chi connectivity index (χ0) is 32.7. The summed E-state index contributed by atoms with van der Waals surface area (Å²) in [5, 5.41) is 6.94. The minimum Gasteiger partial charge on any atom is -0.371 e. The quantitative estimate of drug-likeness (QED) is 0.0694. The van der Waals surface area contributed by atoms with E-state index >= 15 is 0 Å². The summed E-state index contributed by atoms with van der Waals surface area (Å²) in [5.74, 6) is 1.35. The Hall–Kier alpha value is -1.06. The van der Waals surface area contributed by atoms with E-state index in [1.165, 1.54) is 180 Å². The number of hydrogen-bond donors (Lipinski definition) is 2. The summed E-state index contributed by atoms with van der Waals surface area (Å²) in [7, 11) is 0. The Kier molecular flexibility index (Phi) is 28.2. The average Bonchev–Trinajstić information content (AvgIpc) is 3.59. The second-order valence-electron chi connectivity index (χ2n) is 14.9. The van der Waals surface area contributed by atoms with Gasteiger partial charge in [-0.05, 0) is 19.8 Å². The van der Waals surface area contributed by atoms with Gasteiger partial charge in [0.1, 0.15) is 5.84 Å². The van der Waals surface area contributed by atoms with Gasteiger partial charge in [0, 0.05) is 24.4 Å². The van der Waals surface area contributed by atoms with Gasteiger partial charge in [0.2, 0.25) is 5.91 Å². The third-order valence-corrected chi connectivity index (χ3v) is 10.6. The zero-order valence-electron chi connectivity index (χ0n) is 31.3. The molecule has 1 aliphatic rings. The van der Waals surface area contributed by atoms with Crippen LogP contribution in [0.3, 0.4) is 0 Å². The van der Waals surface area contributed by atoms with Crippen LogP contribution in [-0.4, -0.2) is 30.9 Å². The van der Waals surface area contributed by atoms with Crippen molar-refractivity contribution in [2.24, 2.45) is 10.4 Å². The maximum Gasteiger partial charge on any atom is 0.220 e. The van der Waals surface area contributed by atoms with Gasteiger partial charge in [0.05, 0.1) is 6.54 Å². The summed E-state index contributed by atoms with van der Waals surface area (Å²) >= 11 is 0. The van der Waals surface area contributed by atoms with Crippen LogP contribution < -0.4 is 10.6 Å². The number of nitrogens with one attached hydrogen (secondary N) is 2. The first-order chi connectivity index (χ1) is 22.0. The van der Waals surface area contributed by atoms with E-state index in [1.807, 2.05) is 0 Å². The van der Waals surface area contributed by atoms with Crippen LogP contribution in [0.25, 0.3) is 0 Å².